The fourth-order valence-electron chi connectivity index (χ4n) is 5.95. The van der Waals surface area contributed by atoms with Gasteiger partial charge in [-0.3, -0.25) is 9.78 Å². The predicted molar refractivity (Wildman–Crippen MR) is 136 cm³/mol. The molecule has 34 heavy (non-hydrogen) atoms. The summed E-state index contributed by atoms with van der Waals surface area (Å²) in [6, 6.07) is 11.6. The molecule has 178 valence electrons. The summed E-state index contributed by atoms with van der Waals surface area (Å²) in [6.07, 6.45) is 4.62. The van der Waals surface area contributed by atoms with Crippen LogP contribution in [0, 0.1) is 17.7 Å². The lowest BCUT2D eigenvalue weighted by Crippen LogP contribution is -2.39. The topological polar surface area (TPSA) is 48.5 Å². The molecule has 1 aliphatic carbocycles. The first kappa shape index (κ1) is 22.6. The van der Waals surface area contributed by atoms with E-state index in [1.807, 2.05) is 31.1 Å². The summed E-state index contributed by atoms with van der Waals surface area (Å²) in [5.41, 5.74) is 4.94. The van der Waals surface area contributed by atoms with Gasteiger partial charge in [0.15, 0.2) is 0 Å². The van der Waals surface area contributed by atoms with Gasteiger partial charge in [-0.25, -0.2) is 4.39 Å². The molecule has 2 heterocycles. The summed E-state index contributed by atoms with van der Waals surface area (Å²) < 4.78 is 15.2. The van der Waals surface area contributed by atoms with Gasteiger partial charge < -0.3 is 15.1 Å². The zero-order valence-corrected chi connectivity index (χ0v) is 20.4. The van der Waals surface area contributed by atoms with E-state index >= 15 is 4.39 Å². The van der Waals surface area contributed by atoms with Crippen molar-refractivity contribution < 1.29 is 9.18 Å². The van der Waals surface area contributed by atoms with Gasteiger partial charge >= 0.3 is 0 Å². The van der Waals surface area contributed by atoms with E-state index in [-0.39, 0.29) is 17.8 Å². The van der Waals surface area contributed by atoms with E-state index in [1.165, 1.54) is 17.2 Å². The Labute approximate surface area is 201 Å². The number of rotatable bonds is 4. The number of carbonyl (C=O) groups excluding carboxylic acids is 1. The molecule has 2 aromatic carbocycles. The molecule has 2 aliphatic rings. The Kier molecular flexibility index (Phi) is 5.92. The Bertz CT molecular complexity index is 1230. The fraction of sp³-hybridized carbons (Fsp3) is 0.429. The van der Waals surface area contributed by atoms with E-state index in [0.29, 0.717) is 28.6 Å². The second-order valence-corrected chi connectivity index (χ2v) is 10.3. The van der Waals surface area contributed by atoms with Gasteiger partial charge in [-0.05, 0) is 54.4 Å². The zero-order valence-electron chi connectivity index (χ0n) is 20.4. The molecule has 1 aliphatic heterocycles. The number of hydrogen-bond acceptors (Lipinski definition) is 4. The Morgan fingerprint density at radius 3 is 2.59 bits per heavy atom. The number of hydrogen-bond donors (Lipinski definition) is 1. The Morgan fingerprint density at radius 1 is 1.12 bits per heavy atom. The summed E-state index contributed by atoms with van der Waals surface area (Å²) in [7, 11) is 3.84. The van der Waals surface area contributed by atoms with Gasteiger partial charge in [0.25, 0.3) is 5.91 Å². The van der Waals surface area contributed by atoms with Crippen LogP contribution < -0.4 is 15.1 Å². The van der Waals surface area contributed by atoms with Crippen LogP contribution in [0.4, 0.5) is 15.8 Å². The molecule has 0 bridgehead atoms. The molecular formula is C28H33FN4O. The van der Waals surface area contributed by atoms with Crippen molar-refractivity contribution in [2.24, 2.45) is 11.8 Å². The molecule has 1 fully saturated rings. The van der Waals surface area contributed by atoms with Crippen molar-refractivity contribution in [1.82, 2.24) is 10.3 Å². The lowest BCUT2D eigenvalue weighted by molar-refractivity contribution is 0.0937. The van der Waals surface area contributed by atoms with Gasteiger partial charge in [-0.2, -0.15) is 0 Å². The van der Waals surface area contributed by atoms with Crippen molar-refractivity contribution >= 4 is 28.2 Å². The maximum Gasteiger partial charge on any atom is 0.255 e. The highest BCUT2D eigenvalue weighted by Gasteiger charge is 2.29. The standard InChI is InChI=1S/C28H33FN4O/c1-17-13-18(2)16-33(15-17)27-23(29)11-10-21-25(27)30-14-22(26(21)32(3)4)28(34)31-24-12-9-19-7-5-6-8-20(19)24/h5-8,10-11,14,17-18,24H,9,12-13,15-16H2,1-4H3,(H,31,34)/t17?,18?,24-/m0/s1. The molecule has 0 radical (unpaired) electrons. The van der Waals surface area contributed by atoms with Gasteiger partial charge in [-0.15, -0.1) is 0 Å². The van der Waals surface area contributed by atoms with Crippen molar-refractivity contribution in [2.75, 3.05) is 37.0 Å². The monoisotopic (exact) mass is 460 g/mol. The van der Waals surface area contributed by atoms with Crippen molar-refractivity contribution in [3.05, 3.63) is 65.1 Å². The van der Waals surface area contributed by atoms with E-state index in [9.17, 15) is 4.79 Å². The maximum absolute atomic E-state index is 15.2. The van der Waals surface area contributed by atoms with Gasteiger partial charge in [0.1, 0.15) is 5.82 Å². The minimum atomic E-state index is -0.259. The molecule has 3 aromatic rings. The number of piperidine rings is 1. The largest absolute Gasteiger partial charge is 0.376 e. The number of carbonyl (C=O) groups is 1. The van der Waals surface area contributed by atoms with Crippen molar-refractivity contribution in [2.45, 2.75) is 39.2 Å². The summed E-state index contributed by atoms with van der Waals surface area (Å²) >= 11 is 0. The highest BCUT2D eigenvalue weighted by molar-refractivity contribution is 6.09. The lowest BCUT2D eigenvalue weighted by atomic mass is 9.91. The summed E-state index contributed by atoms with van der Waals surface area (Å²) in [6.45, 7) is 6.05. The second-order valence-electron chi connectivity index (χ2n) is 10.3. The van der Waals surface area contributed by atoms with E-state index in [4.69, 9.17) is 0 Å². The van der Waals surface area contributed by atoms with Crippen LogP contribution >= 0.6 is 0 Å². The molecule has 2 unspecified atom stereocenters. The summed E-state index contributed by atoms with van der Waals surface area (Å²) in [4.78, 5) is 22.2. The van der Waals surface area contributed by atoms with Crippen LogP contribution in [0.1, 0.15) is 54.2 Å². The molecule has 5 nitrogen and oxygen atoms in total. The fourth-order valence-corrected chi connectivity index (χ4v) is 5.95. The van der Waals surface area contributed by atoms with E-state index < -0.39 is 0 Å². The number of anilines is 2. The molecule has 3 atom stereocenters. The molecule has 6 heteroatoms. The van der Waals surface area contributed by atoms with Crippen LogP contribution in [0.5, 0.6) is 0 Å². The van der Waals surface area contributed by atoms with Crippen LogP contribution in [0.3, 0.4) is 0 Å². The van der Waals surface area contributed by atoms with E-state index in [2.05, 4.69) is 41.2 Å². The van der Waals surface area contributed by atoms with Crippen molar-refractivity contribution in [1.29, 1.82) is 0 Å². The number of aromatic nitrogens is 1. The number of aryl methyl sites for hydroxylation is 1. The highest BCUT2D eigenvalue weighted by Crippen LogP contribution is 2.38. The summed E-state index contributed by atoms with van der Waals surface area (Å²) in [5, 5.41) is 4.02. The van der Waals surface area contributed by atoms with Crippen LogP contribution in [-0.4, -0.2) is 38.1 Å². The normalized spacial score (nSPS) is 22.0. The van der Waals surface area contributed by atoms with Crippen molar-refractivity contribution in [3.63, 3.8) is 0 Å². The number of nitrogens with zero attached hydrogens (tertiary/aromatic N) is 3. The third-order valence-corrected chi connectivity index (χ3v) is 7.25. The molecule has 0 spiro atoms. The molecule has 1 saturated heterocycles. The number of fused-ring (bicyclic) bond motifs is 2. The average molecular weight is 461 g/mol. The highest BCUT2D eigenvalue weighted by atomic mass is 19.1. The first-order chi connectivity index (χ1) is 16.3. The van der Waals surface area contributed by atoms with Gasteiger partial charge in [0.2, 0.25) is 0 Å². The minimum Gasteiger partial charge on any atom is -0.376 e. The molecule has 1 amide bonds. The molecule has 0 saturated carbocycles. The Morgan fingerprint density at radius 2 is 1.85 bits per heavy atom. The molecule has 1 aromatic heterocycles. The van der Waals surface area contributed by atoms with E-state index in [1.54, 1.807) is 12.3 Å². The first-order valence-corrected chi connectivity index (χ1v) is 12.3. The third-order valence-electron chi connectivity index (χ3n) is 7.25. The van der Waals surface area contributed by atoms with Crippen LogP contribution in [0.15, 0.2) is 42.6 Å². The van der Waals surface area contributed by atoms with E-state index in [0.717, 1.165) is 43.4 Å². The number of pyridine rings is 1. The smallest absolute Gasteiger partial charge is 0.255 e. The number of benzene rings is 2. The lowest BCUT2D eigenvalue weighted by Gasteiger charge is -2.37. The second kappa shape index (κ2) is 8.90. The van der Waals surface area contributed by atoms with Crippen LogP contribution in [0.25, 0.3) is 10.9 Å². The Hall–Kier alpha value is -3.15. The molecule has 1 N–H and O–H groups in total. The number of nitrogens with one attached hydrogen (secondary N) is 1. The summed E-state index contributed by atoms with van der Waals surface area (Å²) in [5.74, 6) is 0.578. The quantitative estimate of drug-likeness (QED) is 0.571. The number of amides is 1. The van der Waals surface area contributed by atoms with Gasteiger partial charge in [0, 0.05) is 38.8 Å². The average Bonchev–Trinajstić information content (AvgIpc) is 3.20. The minimum absolute atomic E-state index is 0.00508. The van der Waals surface area contributed by atoms with Crippen LogP contribution in [-0.2, 0) is 6.42 Å². The maximum atomic E-state index is 15.2. The Balaban J connectivity index is 1.55. The zero-order chi connectivity index (χ0) is 24.0. The van der Waals surface area contributed by atoms with Crippen molar-refractivity contribution in [3.8, 4) is 0 Å². The number of halogens is 1. The SMILES string of the molecule is CC1CC(C)CN(c2c(F)ccc3c(N(C)C)c(C(=O)N[C@H]4CCc5ccccc54)cnc23)C1. The van der Waals surface area contributed by atoms with Gasteiger partial charge in [0.05, 0.1) is 28.5 Å². The molecule has 5 rings (SSSR count). The molecular weight excluding hydrogens is 427 g/mol. The van der Waals surface area contributed by atoms with Gasteiger partial charge in [-0.1, -0.05) is 38.1 Å². The first-order valence-electron chi connectivity index (χ1n) is 12.3. The third kappa shape index (κ3) is 3.99. The van der Waals surface area contributed by atoms with Crippen LogP contribution in [0.2, 0.25) is 0 Å². The predicted octanol–water partition coefficient (Wildman–Crippen LogP) is 5.34.